The van der Waals surface area contributed by atoms with Crippen LogP contribution in [0.3, 0.4) is 0 Å². The fourth-order valence-electron chi connectivity index (χ4n) is 4.35. The number of ketones is 1. The fourth-order valence-corrected chi connectivity index (χ4v) is 9.11. The van der Waals surface area contributed by atoms with E-state index in [-0.39, 0.29) is 34.9 Å². The zero-order valence-electron chi connectivity index (χ0n) is 18.1. The molecule has 3 unspecified atom stereocenters. The van der Waals surface area contributed by atoms with E-state index in [1.807, 2.05) is 97.9 Å². The van der Waals surface area contributed by atoms with Crippen molar-refractivity contribution in [2.75, 3.05) is 6.61 Å². The number of alkyl halides is 1. The van der Waals surface area contributed by atoms with Crippen LogP contribution >= 0.6 is 18.5 Å². The Labute approximate surface area is 194 Å². The Morgan fingerprint density at radius 3 is 1.50 bits per heavy atom. The largest absolute Gasteiger partial charge is 0.462 e. The van der Waals surface area contributed by atoms with E-state index in [1.54, 1.807) is 6.92 Å². The first-order chi connectivity index (χ1) is 15.5. The molecule has 3 nitrogen and oxygen atoms in total. The Hall–Kier alpha value is -2.61. The van der Waals surface area contributed by atoms with Crippen LogP contribution in [0.5, 0.6) is 0 Å². The van der Waals surface area contributed by atoms with Gasteiger partial charge in [-0.3, -0.25) is 4.79 Å². The Morgan fingerprint density at radius 1 is 0.812 bits per heavy atom. The predicted octanol–water partition coefficient (Wildman–Crippen LogP) is 4.16. The minimum Gasteiger partial charge on any atom is -0.462 e. The van der Waals surface area contributed by atoms with Gasteiger partial charge in [-0.2, -0.15) is 0 Å². The lowest BCUT2D eigenvalue weighted by molar-refractivity contribution is -0.135. The second kappa shape index (κ2) is 9.48. The van der Waals surface area contributed by atoms with Crippen molar-refractivity contribution in [3.63, 3.8) is 0 Å². The molecule has 1 aliphatic rings. The van der Waals surface area contributed by atoms with Gasteiger partial charge in [0.1, 0.15) is 5.29 Å². The molecule has 5 heteroatoms. The van der Waals surface area contributed by atoms with E-state index in [2.05, 4.69) is 0 Å². The van der Waals surface area contributed by atoms with Crippen LogP contribution in [0.2, 0.25) is 0 Å². The summed E-state index contributed by atoms with van der Waals surface area (Å²) in [6.45, 7) is 1.07. The summed E-state index contributed by atoms with van der Waals surface area (Å²) in [5.74, 6) is -1.10. The Balaban J connectivity index is 2.21. The van der Waals surface area contributed by atoms with Gasteiger partial charge in [0.2, 0.25) is 0 Å². The first kappa shape index (κ1) is 22.6. The lowest BCUT2D eigenvalue weighted by Gasteiger charge is -2.31. The van der Waals surface area contributed by atoms with Gasteiger partial charge in [-0.15, -0.1) is 11.6 Å². The third kappa shape index (κ3) is 3.85. The molecule has 3 aromatic carbocycles. The number of carbonyl (C=O) groups excluding carboxylic acids is 2. The van der Waals surface area contributed by atoms with Crippen LogP contribution in [0.15, 0.2) is 91.0 Å². The van der Waals surface area contributed by atoms with Gasteiger partial charge in [-0.1, -0.05) is 97.9 Å². The maximum Gasteiger partial charge on any atom is 0.342 e. The van der Waals surface area contributed by atoms with Gasteiger partial charge in [0.25, 0.3) is 0 Å². The molecule has 1 aliphatic carbocycles. The minimum absolute atomic E-state index is 0.0258. The molecule has 164 valence electrons. The number of benzene rings is 3. The average Bonchev–Trinajstić information content (AvgIpc) is 3.44. The first-order valence-corrected chi connectivity index (χ1v) is 13.0. The predicted molar refractivity (Wildman–Crippen MR) is 134 cm³/mol. The summed E-state index contributed by atoms with van der Waals surface area (Å²) in [5, 5.41) is 2.77. The molecule has 0 N–H and O–H groups in total. The van der Waals surface area contributed by atoms with Crippen molar-refractivity contribution in [2.45, 2.75) is 19.2 Å². The number of esters is 1. The van der Waals surface area contributed by atoms with Crippen molar-refractivity contribution < 1.29 is 14.3 Å². The van der Waals surface area contributed by atoms with Crippen molar-refractivity contribution in [2.24, 2.45) is 11.8 Å². The molecular formula is C27H26ClO3P. The molecule has 0 bridgehead atoms. The van der Waals surface area contributed by atoms with Crippen molar-refractivity contribution in [3.05, 3.63) is 91.0 Å². The highest BCUT2D eigenvalue weighted by molar-refractivity contribution is 7.97. The summed E-state index contributed by atoms with van der Waals surface area (Å²) in [5.41, 5.74) is 0. The zero-order chi connectivity index (χ0) is 22.7. The van der Waals surface area contributed by atoms with E-state index in [0.717, 1.165) is 15.9 Å². The maximum absolute atomic E-state index is 14.0. The Bertz CT molecular complexity index is 1050. The maximum atomic E-state index is 14.0. The second-order valence-corrected chi connectivity index (χ2v) is 11.8. The molecule has 1 fully saturated rings. The van der Waals surface area contributed by atoms with Gasteiger partial charge in [0.15, 0.2) is 5.78 Å². The normalized spacial score (nSPS) is 19.8. The van der Waals surface area contributed by atoms with Crippen molar-refractivity contribution in [3.8, 4) is 0 Å². The molecule has 0 amide bonds. The highest BCUT2D eigenvalue weighted by Crippen LogP contribution is 2.51. The molecule has 3 atom stereocenters. The molecular weight excluding hydrogens is 439 g/mol. The van der Waals surface area contributed by atoms with Gasteiger partial charge < -0.3 is 4.74 Å². The van der Waals surface area contributed by atoms with Crippen LogP contribution < -0.4 is 15.9 Å². The van der Waals surface area contributed by atoms with Crippen LogP contribution in [-0.2, 0) is 14.3 Å². The summed E-state index contributed by atoms with van der Waals surface area (Å²) in [6.07, 6.45) is 0. The summed E-state index contributed by atoms with van der Waals surface area (Å²) < 4.78 is 5.53. The van der Waals surface area contributed by atoms with Crippen LogP contribution in [-0.4, -0.2) is 29.0 Å². The number of Topliss-reactive ketones (excluding diaryl/α,β-unsaturated/α-hetero) is 1. The topological polar surface area (TPSA) is 43.4 Å². The number of hydrogen-bond acceptors (Lipinski definition) is 3. The van der Waals surface area contributed by atoms with E-state index in [1.165, 1.54) is 0 Å². The van der Waals surface area contributed by atoms with Crippen molar-refractivity contribution in [1.29, 1.82) is 0 Å². The molecule has 0 aromatic heterocycles. The molecule has 32 heavy (non-hydrogen) atoms. The Kier molecular flexibility index (Phi) is 6.69. The van der Waals surface area contributed by atoms with Gasteiger partial charge in [0, 0.05) is 11.3 Å². The number of halogens is 1. The molecule has 1 saturated carbocycles. The van der Waals surface area contributed by atoms with Crippen molar-refractivity contribution >= 4 is 51.4 Å². The third-order valence-corrected chi connectivity index (χ3v) is 11.0. The van der Waals surface area contributed by atoms with Crippen molar-refractivity contribution in [1.82, 2.24) is 0 Å². The van der Waals surface area contributed by atoms with Crippen LogP contribution in [0.1, 0.15) is 13.8 Å². The summed E-state index contributed by atoms with van der Waals surface area (Å²) >= 11 is 6.44. The van der Waals surface area contributed by atoms with E-state index in [4.69, 9.17) is 16.3 Å². The number of hydrogen-bond donors (Lipinski definition) is 0. The van der Waals surface area contributed by atoms with E-state index in [9.17, 15) is 9.59 Å². The highest BCUT2D eigenvalue weighted by atomic mass is 35.5. The molecule has 4 rings (SSSR count). The molecule has 0 radical (unpaired) electrons. The fraction of sp³-hybridized carbons (Fsp3) is 0.222. The molecule has 0 heterocycles. The lowest BCUT2D eigenvalue weighted by Crippen LogP contribution is -2.39. The second-order valence-electron chi connectivity index (χ2n) is 7.94. The smallest absolute Gasteiger partial charge is 0.342 e. The Morgan fingerprint density at radius 2 is 1.19 bits per heavy atom. The van der Waals surface area contributed by atoms with Crippen LogP contribution in [0.25, 0.3) is 0 Å². The molecule has 0 saturated heterocycles. The van der Waals surface area contributed by atoms with Gasteiger partial charge >= 0.3 is 5.97 Å². The monoisotopic (exact) mass is 464 g/mol. The highest BCUT2D eigenvalue weighted by Gasteiger charge is 2.54. The number of ether oxygens (including phenoxy) is 1. The molecule has 0 spiro atoms. The minimum atomic E-state index is -2.84. The standard InChI is InChI=1S/C27H26ClO3P/c1-3-31-27(30)26(25(29)23-19(2)24(23)28)32(20-13-7-4-8-14-20,21-15-9-5-10-16-21)22-17-11-6-12-18-22/h4-19,23-24H,3H2,1-2H3. The van der Waals surface area contributed by atoms with Gasteiger partial charge in [0.05, 0.1) is 6.61 Å². The number of carbonyl (C=O) groups is 2. The summed E-state index contributed by atoms with van der Waals surface area (Å²) in [4.78, 5) is 27.6. The quantitative estimate of drug-likeness (QED) is 0.228. The van der Waals surface area contributed by atoms with Gasteiger partial charge in [-0.05, 0) is 35.6 Å². The average molecular weight is 465 g/mol. The SMILES string of the molecule is CCOC(=O)C(C(=O)C1C(C)C1Cl)=P(c1ccccc1)(c1ccccc1)c1ccccc1. The van der Waals surface area contributed by atoms with E-state index >= 15 is 0 Å². The summed E-state index contributed by atoms with van der Waals surface area (Å²) in [6, 6.07) is 29.6. The zero-order valence-corrected chi connectivity index (χ0v) is 19.8. The lowest BCUT2D eigenvalue weighted by atomic mass is 10.1. The number of rotatable bonds is 7. The first-order valence-electron chi connectivity index (χ1n) is 10.8. The van der Waals surface area contributed by atoms with E-state index < -0.39 is 12.9 Å². The molecule has 0 aliphatic heterocycles. The van der Waals surface area contributed by atoms with Gasteiger partial charge in [-0.25, -0.2) is 4.79 Å². The third-order valence-electron chi connectivity index (χ3n) is 6.04. The molecule has 3 aromatic rings. The van der Waals surface area contributed by atoms with E-state index in [0.29, 0.717) is 0 Å². The summed E-state index contributed by atoms with van der Waals surface area (Å²) in [7, 11) is 0. The van der Waals surface area contributed by atoms with Crippen LogP contribution in [0, 0.1) is 11.8 Å². The van der Waals surface area contributed by atoms with Crippen LogP contribution in [0.4, 0.5) is 0 Å².